The lowest BCUT2D eigenvalue weighted by atomic mass is 9.95. The van der Waals surface area contributed by atoms with Crippen LogP contribution in [-0.2, 0) is 4.74 Å². The minimum Gasteiger partial charge on any atom is -0.465 e. The smallest absolute Gasteiger partial charge is 0.337 e. The van der Waals surface area contributed by atoms with Crippen LogP contribution in [0.1, 0.15) is 58.8 Å². The summed E-state index contributed by atoms with van der Waals surface area (Å²) < 4.78 is 4.67. The van der Waals surface area contributed by atoms with Crippen LogP contribution in [0.4, 0.5) is 11.5 Å². The second-order valence-electron chi connectivity index (χ2n) is 6.69. The van der Waals surface area contributed by atoms with E-state index in [1.165, 1.54) is 26.4 Å². The maximum Gasteiger partial charge on any atom is 0.337 e. The molecule has 27 heavy (non-hydrogen) atoms. The van der Waals surface area contributed by atoms with Gasteiger partial charge in [0.05, 0.1) is 12.7 Å². The fraction of sp³-hybridized carbons (Fsp3) is 0.400. The van der Waals surface area contributed by atoms with Gasteiger partial charge in [0.15, 0.2) is 0 Å². The zero-order valence-electron chi connectivity index (χ0n) is 15.6. The summed E-state index contributed by atoms with van der Waals surface area (Å²) in [6, 6.07) is 8.58. The largest absolute Gasteiger partial charge is 0.465 e. The van der Waals surface area contributed by atoms with Crippen LogP contribution in [-0.4, -0.2) is 35.0 Å². The van der Waals surface area contributed by atoms with E-state index < -0.39 is 5.97 Å². The lowest BCUT2D eigenvalue weighted by Crippen LogP contribution is -2.24. The molecule has 1 aromatic carbocycles. The normalized spacial score (nSPS) is 14.4. The van der Waals surface area contributed by atoms with Crippen molar-refractivity contribution in [1.29, 1.82) is 0 Å². The number of carbonyl (C=O) groups excluding carboxylic acids is 2. The van der Waals surface area contributed by atoms with Gasteiger partial charge in [-0.25, -0.2) is 14.8 Å². The van der Waals surface area contributed by atoms with E-state index in [4.69, 9.17) is 0 Å². The SMILES string of the molecule is COC(=O)c1ccc(NC(=O)c2cc(NC3CCCCC3)nc(C)n2)cc1. The van der Waals surface area contributed by atoms with Crippen molar-refractivity contribution in [2.45, 2.75) is 45.1 Å². The molecule has 1 heterocycles. The second-order valence-corrected chi connectivity index (χ2v) is 6.69. The Bertz CT molecular complexity index is 814. The molecule has 0 bridgehead atoms. The van der Waals surface area contributed by atoms with E-state index in [0.29, 0.717) is 34.6 Å². The number of benzene rings is 1. The summed E-state index contributed by atoms with van der Waals surface area (Å²) in [5.41, 5.74) is 1.30. The average Bonchev–Trinajstić information content (AvgIpc) is 2.68. The number of anilines is 2. The van der Waals surface area contributed by atoms with Gasteiger partial charge in [0.25, 0.3) is 5.91 Å². The lowest BCUT2D eigenvalue weighted by Gasteiger charge is -2.23. The summed E-state index contributed by atoms with van der Waals surface area (Å²) in [5.74, 6) is 0.485. The van der Waals surface area contributed by atoms with Gasteiger partial charge in [-0.15, -0.1) is 0 Å². The van der Waals surface area contributed by atoms with Gasteiger partial charge in [-0.05, 0) is 44.0 Å². The van der Waals surface area contributed by atoms with Gasteiger partial charge in [-0.3, -0.25) is 4.79 Å². The molecule has 1 amide bonds. The third-order valence-electron chi connectivity index (χ3n) is 4.59. The Labute approximate surface area is 158 Å². The molecular formula is C20H24N4O3. The molecule has 7 heteroatoms. The van der Waals surface area contributed by atoms with Crippen molar-refractivity contribution in [2.75, 3.05) is 17.7 Å². The number of carbonyl (C=O) groups is 2. The molecule has 2 aromatic rings. The Kier molecular flexibility index (Phi) is 6.01. The molecule has 0 radical (unpaired) electrons. The second kappa shape index (κ2) is 8.62. The highest BCUT2D eigenvalue weighted by atomic mass is 16.5. The van der Waals surface area contributed by atoms with Crippen LogP contribution in [0, 0.1) is 6.92 Å². The standard InChI is InChI=1S/C20H24N4O3/c1-13-21-17(12-18(22-13)23-15-6-4-3-5-7-15)19(25)24-16-10-8-14(9-11-16)20(26)27-2/h8-12,15H,3-7H2,1-2H3,(H,24,25)(H,21,22,23). The molecule has 1 fully saturated rings. The van der Waals surface area contributed by atoms with E-state index in [2.05, 4.69) is 25.3 Å². The topological polar surface area (TPSA) is 93.2 Å². The number of aromatic nitrogens is 2. The first-order valence-corrected chi connectivity index (χ1v) is 9.17. The third-order valence-corrected chi connectivity index (χ3v) is 4.59. The van der Waals surface area contributed by atoms with Crippen molar-refractivity contribution in [3.05, 3.63) is 47.4 Å². The maximum atomic E-state index is 12.6. The van der Waals surface area contributed by atoms with Crippen molar-refractivity contribution >= 4 is 23.4 Å². The number of rotatable bonds is 5. The summed E-state index contributed by atoms with van der Waals surface area (Å²) in [7, 11) is 1.33. The highest BCUT2D eigenvalue weighted by Crippen LogP contribution is 2.21. The molecule has 1 aromatic heterocycles. The van der Waals surface area contributed by atoms with Crippen molar-refractivity contribution < 1.29 is 14.3 Å². The number of methoxy groups -OCH3 is 1. The molecule has 1 saturated carbocycles. The summed E-state index contributed by atoms with van der Waals surface area (Å²) in [4.78, 5) is 32.7. The molecule has 2 N–H and O–H groups in total. The first-order valence-electron chi connectivity index (χ1n) is 9.17. The summed E-state index contributed by atoms with van der Waals surface area (Å²) in [6.45, 7) is 1.77. The summed E-state index contributed by atoms with van der Waals surface area (Å²) >= 11 is 0. The Morgan fingerprint density at radius 1 is 1.07 bits per heavy atom. The fourth-order valence-electron chi connectivity index (χ4n) is 3.22. The van der Waals surface area contributed by atoms with Gasteiger partial charge in [0.1, 0.15) is 17.3 Å². The molecule has 1 aliphatic rings. The zero-order valence-corrected chi connectivity index (χ0v) is 15.6. The molecule has 3 rings (SSSR count). The number of hydrogen-bond donors (Lipinski definition) is 2. The number of amides is 1. The molecule has 0 aliphatic heterocycles. The predicted octanol–water partition coefficient (Wildman–Crippen LogP) is 3.57. The van der Waals surface area contributed by atoms with E-state index in [-0.39, 0.29) is 5.91 Å². The molecule has 0 saturated heterocycles. The van der Waals surface area contributed by atoms with Crippen molar-refractivity contribution in [2.24, 2.45) is 0 Å². The monoisotopic (exact) mass is 368 g/mol. The minimum atomic E-state index is -0.419. The van der Waals surface area contributed by atoms with Crippen molar-refractivity contribution in [3.63, 3.8) is 0 Å². The van der Waals surface area contributed by atoms with Crippen molar-refractivity contribution in [1.82, 2.24) is 9.97 Å². The van der Waals surface area contributed by atoms with Gasteiger partial charge in [0.2, 0.25) is 0 Å². The quantitative estimate of drug-likeness (QED) is 0.784. The number of esters is 1. The molecule has 142 valence electrons. The van der Waals surface area contributed by atoms with Crippen LogP contribution in [0.5, 0.6) is 0 Å². The van der Waals surface area contributed by atoms with Crippen LogP contribution in [0.3, 0.4) is 0 Å². The van der Waals surface area contributed by atoms with E-state index in [9.17, 15) is 9.59 Å². The fourth-order valence-corrected chi connectivity index (χ4v) is 3.22. The Hall–Kier alpha value is -2.96. The van der Waals surface area contributed by atoms with Gasteiger partial charge in [0, 0.05) is 17.8 Å². The van der Waals surface area contributed by atoms with Crippen LogP contribution >= 0.6 is 0 Å². The molecular weight excluding hydrogens is 344 g/mol. The first kappa shape index (κ1) is 18.8. The number of nitrogens with one attached hydrogen (secondary N) is 2. The number of nitrogens with zero attached hydrogens (tertiary/aromatic N) is 2. The minimum absolute atomic E-state index is 0.304. The highest BCUT2D eigenvalue weighted by Gasteiger charge is 2.16. The molecule has 0 spiro atoms. The summed E-state index contributed by atoms with van der Waals surface area (Å²) in [5, 5.41) is 6.22. The number of ether oxygens (including phenoxy) is 1. The zero-order chi connectivity index (χ0) is 19.2. The Morgan fingerprint density at radius 3 is 2.44 bits per heavy atom. The molecule has 1 aliphatic carbocycles. The average molecular weight is 368 g/mol. The van der Waals surface area contributed by atoms with E-state index in [1.807, 2.05) is 0 Å². The van der Waals surface area contributed by atoms with Crippen LogP contribution in [0.2, 0.25) is 0 Å². The molecule has 0 unspecified atom stereocenters. The van der Waals surface area contributed by atoms with E-state index in [1.54, 1.807) is 37.3 Å². The predicted molar refractivity (Wildman–Crippen MR) is 103 cm³/mol. The van der Waals surface area contributed by atoms with E-state index >= 15 is 0 Å². The summed E-state index contributed by atoms with van der Waals surface area (Å²) in [6.07, 6.45) is 5.96. The maximum absolute atomic E-state index is 12.6. The van der Waals surface area contributed by atoms with Gasteiger partial charge >= 0.3 is 5.97 Å². The Balaban J connectivity index is 1.69. The van der Waals surface area contributed by atoms with Crippen LogP contribution in [0.15, 0.2) is 30.3 Å². The van der Waals surface area contributed by atoms with Crippen molar-refractivity contribution in [3.8, 4) is 0 Å². The van der Waals surface area contributed by atoms with Gasteiger partial charge in [-0.2, -0.15) is 0 Å². The van der Waals surface area contributed by atoms with Crippen LogP contribution in [0.25, 0.3) is 0 Å². The molecule has 7 nitrogen and oxygen atoms in total. The van der Waals surface area contributed by atoms with Crippen LogP contribution < -0.4 is 10.6 Å². The number of aryl methyl sites for hydroxylation is 1. The van der Waals surface area contributed by atoms with Gasteiger partial charge < -0.3 is 15.4 Å². The lowest BCUT2D eigenvalue weighted by molar-refractivity contribution is 0.0600. The van der Waals surface area contributed by atoms with E-state index in [0.717, 1.165) is 12.8 Å². The first-order chi connectivity index (χ1) is 13.0. The third kappa shape index (κ3) is 5.03. The molecule has 0 atom stereocenters. The highest BCUT2D eigenvalue weighted by molar-refractivity contribution is 6.03. The van der Waals surface area contributed by atoms with Gasteiger partial charge in [-0.1, -0.05) is 19.3 Å². The number of hydrogen-bond acceptors (Lipinski definition) is 6. The Morgan fingerprint density at radius 2 is 1.78 bits per heavy atom.